The molecule has 2 atom stereocenters. The zero-order chi connectivity index (χ0) is 7.68. The summed E-state index contributed by atoms with van der Waals surface area (Å²) >= 11 is 0. The quantitative estimate of drug-likeness (QED) is 0.454. The number of hydrogen-bond donors (Lipinski definition) is 4. The average molecular weight is 153 g/mol. The van der Waals surface area contributed by atoms with Gasteiger partial charge in [-0.15, -0.1) is 0 Å². The van der Waals surface area contributed by atoms with Gasteiger partial charge in [-0.3, -0.25) is 0 Å². The van der Waals surface area contributed by atoms with E-state index in [1.807, 2.05) is 18.5 Å². The van der Waals surface area contributed by atoms with E-state index in [2.05, 4.69) is 15.8 Å². The van der Waals surface area contributed by atoms with Gasteiger partial charge in [-0.2, -0.15) is 0 Å². The molecular weight excluding hydrogens is 142 g/mol. The van der Waals surface area contributed by atoms with Crippen LogP contribution in [0.1, 0.15) is 18.0 Å². The zero-order valence-electron chi connectivity index (χ0n) is 6.04. The third kappa shape index (κ3) is 1.28. The molecule has 1 fully saturated rings. The fourth-order valence-electron chi connectivity index (χ4n) is 1.31. The SMILES string of the molecule is OC1CC(c2cc[nH]c2)NN1. The van der Waals surface area contributed by atoms with Crippen LogP contribution < -0.4 is 10.9 Å². The van der Waals surface area contributed by atoms with Gasteiger partial charge in [0.25, 0.3) is 0 Å². The fourth-order valence-corrected chi connectivity index (χ4v) is 1.31. The molecule has 0 saturated carbocycles. The number of aliphatic hydroxyl groups excluding tert-OH is 1. The molecular formula is C7H11N3O. The van der Waals surface area contributed by atoms with Gasteiger partial charge in [0.15, 0.2) is 0 Å². The molecule has 0 aromatic carbocycles. The van der Waals surface area contributed by atoms with E-state index in [9.17, 15) is 0 Å². The minimum Gasteiger partial charge on any atom is -0.377 e. The molecule has 2 heterocycles. The summed E-state index contributed by atoms with van der Waals surface area (Å²) in [5.74, 6) is 0. The highest BCUT2D eigenvalue weighted by Gasteiger charge is 2.22. The molecule has 4 heteroatoms. The third-order valence-electron chi connectivity index (χ3n) is 1.91. The summed E-state index contributed by atoms with van der Waals surface area (Å²) in [6.45, 7) is 0. The molecule has 4 nitrogen and oxygen atoms in total. The van der Waals surface area contributed by atoms with Crippen LogP contribution in [0.5, 0.6) is 0 Å². The van der Waals surface area contributed by atoms with Crippen molar-refractivity contribution < 1.29 is 5.11 Å². The molecule has 2 rings (SSSR count). The smallest absolute Gasteiger partial charge is 0.119 e. The number of aliphatic hydroxyl groups is 1. The van der Waals surface area contributed by atoms with E-state index < -0.39 is 6.23 Å². The Morgan fingerprint density at radius 3 is 2.91 bits per heavy atom. The van der Waals surface area contributed by atoms with Crippen molar-refractivity contribution in [1.82, 2.24) is 15.8 Å². The summed E-state index contributed by atoms with van der Waals surface area (Å²) < 4.78 is 0. The summed E-state index contributed by atoms with van der Waals surface area (Å²) in [6, 6.07) is 2.23. The second-order valence-electron chi connectivity index (χ2n) is 2.74. The van der Waals surface area contributed by atoms with E-state index in [0.29, 0.717) is 0 Å². The lowest BCUT2D eigenvalue weighted by molar-refractivity contribution is 0.153. The third-order valence-corrected chi connectivity index (χ3v) is 1.91. The molecule has 60 valence electrons. The van der Waals surface area contributed by atoms with Crippen LogP contribution in [0, 0.1) is 0 Å². The van der Waals surface area contributed by atoms with Crippen LogP contribution in [0.4, 0.5) is 0 Å². The average Bonchev–Trinajstić information content (AvgIpc) is 2.55. The Morgan fingerprint density at radius 1 is 1.45 bits per heavy atom. The van der Waals surface area contributed by atoms with Crippen molar-refractivity contribution >= 4 is 0 Å². The molecule has 1 aliphatic rings. The van der Waals surface area contributed by atoms with Gasteiger partial charge in [0.05, 0.1) is 6.04 Å². The first-order valence-corrected chi connectivity index (χ1v) is 3.68. The second kappa shape index (κ2) is 2.65. The summed E-state index contributed by atoms with van der Waals surface area (Å²) in [6.07, 6.45) is 4.10. The Kier molecular flexibility index (Phi) is 1.65. The van der Waals surface area contributed by atoms with E-state index in [1.165, 1.54) is 5.56 Å². The number of H-pyrrole nitrogens is 1. The van der Waals surface area contributed by atoms with Gasteiger partial charge in [0.2, 0.25) is 0 Å². The number of hydrazine groups is 1. The summed E-state index contributed by atoms with van der Waals surface area (Å²) in [5.41, 5.74) is 6.91. The molecule has 0 spiro atoms. The molecule has 4 N–H and O–H groups in total. The molecule has 0 amide bonds. The highest BCUT2D eigenvalue weighted by Crippen LogP contribution is 2.19. The molecule has 2 unspecified atom stereocenters. The van der Waals surface area contributed by atoms with E-state index in [1.54, 1.807) is 0 Å². The Labute approximate surface area is 64.6 Å². The van der Waals surface area contributed by atoms with E-state index in [-0.39, 0.29) is 6.04 Å². The van der Waals surface area contributed by atoms with Crippen molar-refractivity contribution in [2.75, 3.05) is 0 Å². The molecule has 1 aromatic rings. The summed E-state index contributed by atoms with van der Waals surface area (Å²) in [4.78, 5) is 2.97. The lowest BCUT2D eigenvalue weighted by atomic mass is 10.1. The fraction of sp³-hybridized carbons (Fsp3) is 0.429. The van der Waals surface area contributed by atoms with Crippen LogP contribution in [0.15, 0.2) is 18.5 Å². The maximum atomic E-state index is 9.11. The van der Waals surface area contributed by atoms with Crippen molar-refractivity contribution in [2.24, 2.45) is 0 Å². The maximum Gasteiger partial charge on any atom is 0.119 e. The predicted molar refractivity (Wildman–Crippen MR) is 40.4 cm³/mol. The van der Waals surface area contributed by atoms with Crippen LogP contribution in [0.2, 0.25) is 0 Å². The van der Waals surface area contributed by atoms with Gasteiger partial charge in [-0.25, -0.2) is 10.9 Å². The summed E-state index contributed by atoms with van der Waals surface area (Å²) in [7, 11) is 0. The van der Waals surface area contributed by atoms with Crippen molar-refractivity contribution in [3.8, 4) is 0 Å². The number of aromatic nitrogens is 1. The van der Waals surface area contributed by atoms with E-state index in [4.69, 9.17) is 5.11 Å². The minimum atomic E-state index is -0.421. The molecule has 0 bridgehead atoms. The maximum absolute atomic E-state index is 9.11. The molecule has 0 radical (unpaired) electrons. The molecule has 11 heavy (non-hydrogen) atoms. The highest BCUT2D eigenvalue weighted by molar-refractivity contribution is 5.14. The van der Waals surface area contributed by atoms with E-state index >= 15 is 0 Å². The molecule has 0 aliphatic carbocycles. The Bertz CT molecular complexity index is 222. The number of rotatable bonds is 1. The van der Waals surface area contributed by atoms with Crippen LogP contribution in [-0.4, -0.2) is 16.3 Å². The predicted octanol–water partition coefficient (Wildman–Crippen LogP) is -0.128. The van der Waals surface area contributed by atoms with Gasteiger partial charge in [-0.05, 0) is 11.6 Å². The van der Waals surface area contributed by atoms with Gasteiger partial charge < -0.3 is 10.1 Å². The van der Waals surface area contributed by atoms with Crippen LogP contribution in [0.25, 0.3) is 0 Å². The Hall–Kier alpha value is -0.840. The minimum absolute atomic E-state index is 0.233. The Morgan fingerprint density at radius 2 is 2.36 bits per heavy atom. The van der Waals surface area contributed by atoms with Crippen LogP contribution in [-0.2, 0) is 0 Å². The normalized spacial score (nSPS) is 31.0. The van der Waals surface area contributed by atoms with Crippen molar-refractivity contribution in [3.63, 3.8) is 0 Å². The first-order valence-electron chi connectivity index (χ1n) is 3.68. The van der Waals surface area contributed by atoms with Crippen molar-refractivity contribution in [1.29, 1.82) is 0 Å². The van der Waals surface area contributed by atoms with Gasteiger partial charge in [0.1, 0.15) is 6.23 Å². The first-order chi connectivity index (χ1) is 5.36. The van der Waals surface area contributed by atoms with Crippen molar-refractivity contribution in [3.05, 3.63) is 24.0 Å². The molecule has 1 aromatic heterocycles. The van der Waals surface area contributed by atoms with Gasteiger partial charge in [-0.1, -0.05) is 0 Å². The van der Waals surface area contributed by atoms with Crippen LogP contribution in [0.3, 0.4) is 0 Å². The highest BCUT2D eigenvalue weighted by atomic mass is 16.3. The second-order valence-corrected chi connectivity index (χ2v) is 2.74. The lowest BCUT2D eigenvalue weighted by Gasteiger charge is -2.04. The number of hydrogen-bond acceptors (Lipinski definition) is 3. The van der Waals surface area contributed by atoms with Crippen LogP contribution >= 0.6 is 0 Å². The van der Waals surface area contributed by atoms with Gasteiger partial charge in [0, 0.05) is 18.8 Å². The molecule has 1 saturated heterocycles. The first kappa shape index (κ1) is 6.84. The van der Waals surface area contributed by atoms with Gasteiger partial charge >= 0.3 is 0 Å². The van der Waals surface area contributed by atoms with E-state index in [0.717, 1.165) is 6.42 Å². The standard InChI is InChI=1S/C7H11N3O/c11-7-3-6(9-10-7)5-1-2-8-4-5/h1-2,4,6-11H,3H2. The number of aromatic amines is 1. The monoisotopic (exact) mass is 153 g/mol. The lowest BCUT2D eigenvalue weighted by Crippen LogP contribution is -2.30. The Balaban J connectivity index is 2.08. The molecule has 1 aliphatic heterocycles. The number of nitrogens with one attached hydrogen (secondary N) is 3. The largest absolute Gasteiger partial charge is 0.377 e. The zero-order valence-corrected chi connectivity index (χ0v) is 6.04. The summed E-state index contributed by atoms with van der Waals surface area (Å²) in [5, 5.41) is 9.11. The van der Waals surface area contributed by atoms with Crippen molar-refractivity contribution in [2.45, 2.75) is 18.7 Å². The topological polar surface area (TPSA) is 60.1 Å².